The van der Waals surface area contributed by atoms with Crippen molar-refractivity contribution in [3.05, 3.63) is 39.7 Å². The van der Waals surface area contributed by atoms with Gasteiger partial charge in [-0.1, -0.05) is 25.3 Å². The number of rotatable bonds is 5. The number of nitrogens with two attached hydrogens (primary N) is 1. The van der Waals surface area contributed by atoms with Gasteiger partial charge < -0.3 is 31.1 Å². The van der Waals surface area contributed by atoms with Crippen molar-refractivity contribution in [1.82, 2.24) is 4.90 Å². The third-order valence-electron chi connectivity index (χ3n) is 9.42. The lowest BCUT2D eigenvalue weighted by Gasteiger charge is -2.53. The highest BCUT2D eigenvalue weighted by atomic mass is 32.2. The number of phenolic OH excluding ortho intramolecular Hbond substituents is 1. The standard InChI is InChI=1S/C29H38N2O7S/c1-13-9-15(12-39-16-7-5-4-6-8-16)23(32)20-17(13)10-14-11-18-22(31(2)3)25(34)21(28(30)37)27(36)29(18,38)26(35)19(14)24(20)33/h9,14,16,18,21-22,25,32,34-35,38H,4-8,10-12H2,1-3H3,(H2,30,37). The Morgan fingerprint density at radius 3 is 2.46 bits per heavy atom. The number of allylic oxidation sites excluding steroid dienone is 1. The van der Waals surface area contributed by atoms with Crippen LogP contribution in [0, 0.1) is 24.7 Å². The Labute approximate surface area is 232 Å². The first-order valence-corrected chi connectivity index (χ1v) is 14.8. The number of carbonyl (C=O) groups excluding carboxylic acids is 3. The number of aliphatic hydroxyl groups is 3. The summed E-state index contributed by atoms with van der Waals surface area (Å²) < 4.78 is 0. The number of aryl methyl sites for hydroxylation is 1. The number of amides is 1. The van der Waals surface area contributed by atoms with Gasteiger partial charge in [-0.3, -0.25) is 14.4 Å². The van der Waals surface area contributed by atoms with Crippen LogP contribution in [0.4, 0.5) is 0 Å². The van der Waals surface area contributed by atoms with Gasteiger partial charge in [-0.05, 0) is 63.7 Å². The summed E-state index contributed by atoms with van der Waals surface area (Å²) in [5.74, 6) is -6.46. The number of primary amides is 1. The van der Waals surface area contributed by atoms with Crippen LogP contribution in [0.1, 0.15) is 65.6 Å². The molecular weight excluding hydrogens is 520 g/mol. The number of fused-ring (bicyclic) bond motifs is 3. The third kappa shape index (κ3) is 4.31. The zero-order valence-corrected chi connectivity index (χ0v) is 23.5. The van der Waals surface area contributed by atoms with E-state index >= 15 is 0 Å². The van der Waals surface area contributed by atoms with Crippen LogP contribution in [0.5, 0.6) is 5.75 Å². The topological polar surface area (TPSA) is 161 Å². The van der Waals surface area contributed by atoms with Gasteiger partial charge in [-0.25, -0.2) is 0 Å². The van der Waals surface area contributed by atoms with E-state index in [0.29, 0.717) is 28.6 Å². The number of hydrogen-bond acceptors (Lipinski definition) is 9. The average molecular weight is 559 g/mol. The molecule has 6 N–H and O–H groups in total. The summed E-state index contributed by atoms with van der Waals surface area (Å²) in [6, 6.07) is 1.05. The minimum absolute atomic E-state index is 0.105. The molecule has 0 bridgehead atoms. The zero-order chi connectivity index (χ0) is 28.4. The van der Waals surface area contributed by atoms with Crippen LogP contribution in [0.2, 0.25) is 0 Å². The summed E-state index contributed by atoms with van der Waals surface area (Å²) in [6.45, 7) is 1.90. The summed E-state index contributed by atoms with van der Waals surface area (Å²) in [7, 11) is 3.30. The van der Waals surface area contributed by atoms with E-state index in [2.05, 4.69) is 0 Å². The van der Waals surface area contributed by atoms with Crippen LogP contribution in [0.15, 0.2) is 17.4 Å². The van der Waals surface area contributed by atoms with Gasteiger partial charge in [0.2, 0.25) is 5.91 Å². The smallest absolute Gasteiger partial charge is 0.230 e. The second-order valence-electron chi connectivity index (χ2n) is 11.9. The summed E-state index contributed by atoms with van der Waals surface area (Å²) in [5, 5.41) is 46.0. The van der Waals surface area contributed by atoms with Crippen molar-refractivity contribution in [2.75, 3.05) is 14.1 Å². The van der Waals surface area contributed by atoms with E-state index in [9.17, 15) is 34.8 Å². The van der Waals surface area contributed by atoms with Crippen LogP contribution in [0.25, 0.3) is 0 Å². The molecule has 1 aromatic rings. The lowest BCUT2D eigenvalue weighted by Crippen LogP contribution is -2.71. The van der Waals surface area contributed by atoms with E-state index in [1.165, 1.54) is 19.3 Å². The van der Waals surface area contributed by atoms with Crippen molar-refractivity contribution >= 4 is 29.2 Å². The monoisotopic (exact) mass is 558 g/mol. The molecule has 1 amide bonds. The number of ketones is 2. The molecule has 6 atom stereocenters. The Bertz CT molecular complexity index is 1250. The number of benzene rings is 1. The molecule has 10 heteroatoms. The summed E-state index contributed by atoms with van der Waals surface area (Å²) in [5.41, 5.74) is 5.08. The van der Waals surface area contributed by atoms with Crippen molar-refractivity contribution < 1.29 is 34.8 Å². The van der Waals surface area contributed by atoms with Gasteiger partial charge in [-0.2, -0.15) is 11.8 Å². The second-order valence-corrected chi connectivity index (χ2v) is 13.2. The minimum Gasteiger partial charge on any atom is -0.508 e. The van der Waals surface area contributed by atoms with Gasteiger partial charge in [0.15, 0.2) is 17.2 Å². The number of hydrogen-bond donors (Lipinski definition) is 5. The first-order valence-electron chi connectivity index (χ1n) is 13.7. The first kappa shape index (κ1) is 28.1. The minimum atomic E-state index is -2.56. The molecule has 4 aliphatic carbocycles. The third-order valence-corrected chi connectivity index (χ3v) is 10.8. The largest absolute Gasteiger partial charge is 0.508 e. The number of likely N-dealkylation sites (N-methyl/N-ethyl adjacent to an activating group) is 1. The molecule has 4 aliphatic rings. The summed E-state index contributed by atoms with van der Waals surface area (Å²) in [4.78, 5) is 41.2. The maximum Gasteiger partial charge on any atom is 0.230 e. The van der Waals surface area contributed by atoms with Gasteiger partial charge >= 0.3 is 0 Å². The molecule has 0 spiro atoms. The number of nitrogens with zero attached hydrogens (tertiary/aromatic N) is 1. The highest BCUT2D eigenvalue weighted by molar-refractivity contribution is 7.99. The molecule has 9 nitrogen and oxygen atoms in total. The van der Waals surface area contributed by atoms with Gasteiger partial charge in [0.1, 0.15) is 17.4 Å². The highest BCUT2D eigenvalue weighted by Crippen LogP contribution is 2.53. The van der Waals surface area contributed by atoms with Crippen LogP contribution in [-0.2, 0) is 21.8 Å². The molecule has 0 heterocycles. The van der Waals surface area contributed by atoms with Crippen LogP contribution in [0.3, 0.4) is 0 Å². The maximum absolute atomic E-state index is 14.0. The Balaban J connectivity index is 1.57. The van der Waals surface area contributed by atoms with E-state index in [4.69, 9.17) is 5.73 Å². The molecule has 6 unspecified atom stereocenters. The molecule has 212 valence electrons. The Morgan fingerprint density at radius 1 is 1.18 bits per heavy atom. The normalized spacial score (nSPS) is 33.1. The van der Waals surface area contributed by atoms with E-state index < -0.39 is 58.7 Å². The molecule has 0 saturated heterocycles. The van der Waals surface area contributed by atoms with Gasteiger partial charge in [0.25, 0.3) is 0 Å². The molecular formula is C29H38N2O7S. The molecule has 1 aromatic carbocycles. The molecule has 39 heavy (non-hydrogen) atoms. The SMILES string of the molecule is Cc1cc(CSC2CCCCC2)c(O)c2c1CC1CC3C(N(C)C)C(O)C(C(N)=O)C(=O)C3(O)C(O)=C1C2=O. The molecule has 0 radical (unpaired) electrons. The fourth-order valence-electron chi connectivity index (χ4n) is 7.48. The Kier molecular flexibility index (Phi) is 7.37. The van der Waals surface area contributed by atoms with Gasteiger partial charge in [0, 0.05) is 34.1 Å². The van der Waals surface area contributed by atoms with Crippen molar-refractivity contribution in [2.45, 2.75) is 80.6 Å². The van der Waals surface area contributed by atoms with Crippen molar-refractivity contribution in [3.8, 4) is 5.75 Å². The lowest BCUT2D eigenvalue weighted by atomic mass is 9.56. The molecule has 5 rings (SSSR count). The predicted octanol–water partition coefficient (Wildman–Crippen LogP) is 2.16. The predicted molar refractivity (Wildman–Crippen MR) is 146 cm³/mol. The molecule has 0 aromatic heterocycles. The van der Waals surface area contributed by atoms with Gasteiger partial charge in [0.05, 0.1) is 11.7 Å². The lowest BCUT2D eigenvalue weighted by molar-refractivity contribution is -0.178. The van der Waals surface area contributed by atoms with Crippen LogP contribution in [-0.4, -0.2) is 79.9 Å². The van der Waals surface area contributed by atoms with E-state index in [1.807, 2.05) is 13.0 Å². The number of Topliss-reactive ketones (excluding diaryl/α,β-unsaturated/α-hetero) is 2. The van der Waals surface area contributed by atoms with Crippen molar-refractivity contribution in [2.24, 2.45) is 23.5 Å². The number of thioether (sulfide) groups is 1. The van der Waals surface area contributed by atoms with Gasteiger partial charge in [-0.15, -0.1) is 0 Å². The fraction of sp³-hybridized carbons (Fsp3) is 0.621. The Hall–Kier alpha value is -2.40. The Morgan fingerprint density at radius 2 is 1.85 bits per heavy atom. The van der Waals surface area contributed by atoms with Crippen molar-refractivity contribution in [3.63, 3.8) is 0 Å². The molecule has 2 fully saturated rings. The molecule has 0 aliphatic heterocycles. The maximum atomic E-state index is 14.0. The zero-order valence-electron chi connectivity index (χ0n) is 22.6. The highest BCUT2D eigenvalue weighted by Gasteiger charge is 2.66. The first-order chi connectivity index (χ1) is 18.4. The average Bonchev–Trinajstić information content (AvgIpc) is 2.87. The number of carbonyl (C=O) groups is 3. The number of aliphatic hydroxyl groups excluding tert-OH is 2. The summed E-state index contributed by atoms with van der Waals surface area (Å²) in [6.07, 6.45) is 4.89. The van der Waals surface area contributed by atoms with Crippen molar-refractivity contribution in [1.29, 1.82) is 0 Å². The quantitative estimate of drug-likeness (QED) is 0.341. The number of phenols is 1. The fourth-order valence-corrected chi connectivity index (χ4v) is 8.78. The van der Waals surface area contributed by atoms with E-state index in [1.54, 1.807) is 30.8 Å². The van der Waals surface area contributed by atoms with Crippen LogP contribution >= 0.6 is 11.8 Å². The summed E-state index contributed by atoms with van der Waals surface area (Å²) >= 11 is 1.78. The van der Waals surface area contributed by atoms with E-state index in [0.717, 1.165) is 18.4 Å². The number of aromatic hydroxyl groups is 1. The molecule has 2 saturated carbocycles. The van der Waals surface area contributed by atoms with Crippen LogP contribution < -0.4 is 5.73 Å². The second kappa shape index (κ2) is 10.2. The van der Waals surface area contributed by atoms with E-state index in [-0.39, 0.29) is 23.3 Å².